The SMILES string of the molecule is c1ccc([Si](c2ccccc2)(c2ccccc2)c2ccc3c(c2)c2ccccc2n3-c2ccccc2-c2ccccc2-n2c3ccccc3c3ccc([Si](c4ccccc4)(c4ccccc4)c4ccccc4)cc32)cc1. The molecule has 0 radical (unpaired) electrons. The number of benzene rings is 12. The van der Waals surface area contributed by atoms with Crippen LogP contribution in [0.25, 0.3) is 66.1 Å². The summed E-state index contributed by atoms with van der Waals surface area (Å²) >= 11 is 0. The maximum absolute atomic E-state index is 2.85. The molecule has 0 aliphatic rings. The third-order valence-corrected chi connectivity index (χ3v) is 25.6. The summed E-state index contributed by atoms with van der Waals surface area (Å²) in [6.45, 7) is 0. The van der Waals surface area contributed by atoms with Crippen LogP contribution >= 0.6 is 0 Å². The first-order valence-electron chi connectivity index (χ1n) is 26.3. The van der Waals surface area contributed by atoms with Gasteiger partial charge in [-0.05, 0) is 77.9 Å². The van der Waals surface area contributed by atoms with E-state index in [-0.39, 0.29) is 0 Å². The Kier molecular flexibility index (Phi) is 11.2. The van der Waals surface area contributed by atoms with Gasteiger partial charge in [-0.1, -0.05) is 279 Å². The molecule has 76 heavy (non-hydrogen) atoms. The smallest absolute Gasteiger partial charge is 0.179 e. The van der Waals surface area contributed by atoms with Crippen LogP contribution in [-0.2, 0) is 0 Å². The number of rotatable bonds is 11. The molecule has 14 aromatic rings. The van der Waals surface area contributed by atoms with Gasteiger partial charge in [-0.3, -0.25) is 0 Å². The molecule has 0 fully saturated rings. The Morgan fingerprint density at radius 2 is 0.474 bits per heavy atom. The average Bonchev–Trinajstić information content (AvgIpc) is 4.12. The second-order valence-electron chi connectivity index (χ2n) is 19.9. The molecule has 0 saturated heterocycles. The van der Waals surface area contributed by atoms with Crippen molar-refractivity contribution in [3.8, 4) is 22.5 Å². The monoisotopic (exact) mass is 1000 g/mol. The molecule has 0 unspecified atom stereocenters. The van der Waals surface area contributed by atoms with Crippen LogP contribution in [-0.4, -0.2) is 25.3 Å². The van der Waals surface area contributed by atoms with Crippen LogP contribution in [0, 0.1) is 0 Å². The van der Waals surface area contributed by atoms with E-state index in [1.807, 2.05) is 0 Å². The van der Waals surface area contributed by atoms with E-state index >= 15 is 0 Å². The lowest BCUT2D eigenvalue weighted by Crippen LogP contribution is -2.74. The number of fused-ring (bicyclic) bond motifs is 6. The standard InChI is InChI=1S/C72H52N2Si2/c1-7-27-53(28-8-1)75(54-29-9-2-10-30-54,55-31-11-3-12-32-55)59-48-50-71-66(51-59)64-42-22-26-46-70(64)73(71)67-43-23-19-39-61(67)62-40-20-24-44-68(62)74-69-45-25-21-41-63(69)65-49-47-60(52-72(65)74)76(56-33-13-4-14-34-56,57-35-15-5-16-36-57)58-37-17-6-18-38-58/h1-52H. The highest BCUT2D eigenvalue weighted by atomic mass is 28.3. The van der Waals surface area contributed by atoms with Gasteiger partial charge in [-0.15, -0.1) is 0 Å². The Morgan fingerprint density at radius 1 is 0.184 bits per heavy atom. The molecule has 2 heterocycles. The highest BCUT2D eigenvalue weighted by Crippen LogP contribution is 2.40. The topological polar surface area (TPSA) is 9.86 Å². The van der Waals surface area contributed by atoms with Gasteiger partial charge in [0.25, 0.3) is 0 Å². The summed E-state index contributed by atoms with van der Waals surface area (Å²) in [7, 11) is -5.66. The highest BCUT2D eigenvalue weighted by molar-refractivity contribution is 7.20. The molecule has 0 spiro atoms. The van der Waals surface area contributed by atoms with E-state index in [1.54, 1.807) is 0 Å². The Hall–Kier alpha value is -9.33. The maximum Gasteiger partial charge on any atom is 0.179 e. The number of aromatic nitrogens is 2. The zero-order chi connectivity index (χ0) is 50.5. The van der Waals surface area contributed by atoms with E-state index in [2.05, 4.69) is 325 Å². The average molecular weight is 1000 g/mol. The van der Waals surface area contributed by atoms with Crippen LogP contribution in [0.4, 0.5) is 0 Å². The van der Waals surface area contributed by atoms with E-state index in [0.29, 0.717) is 0 Å². The quantitative estimate of drug-likeness (QED) is 0.0903. The fraction of sp³-hybridized carbons (Fsp3) is 0. The summed E-state index contributed by atoms with van der Waals surface area (Å²) in [5.74, 6) is 0. The van der Waals surface area contributed by atoms with Gasteiger partial charge in [0.15, 0.2) is 16.1 Å². The van der Waals surface area contributed by atoms with E-state index < -0.39 is 16.1 Å². The summed E-state index contributed by atoms with van der Waals surface area (Å²) in [6.07, 6.45) is 0. The Balaban J connectivity index is 1.00. The van der Waals surface area contributed by atoms with Crippen molar-refractivity contribution in [2.24, 2.45) is 0 Å². The molecule has 4 heteroatoms. The van der Waals surface area contributed by atoms with E-state index in [4.69, 9.17) is 0 Å². The van der Waals surface area contributed by atoms with Gasteiger partial charge in [-0.2, -0.15) is 0 Å². The minimum atomic E-state index is -2.85. The molecule has 0 amide bonds. The molecule has 358 valence electrons. The largest absolute Gasteiger partial charge is 0.309 e. The second-order valence-corrected chi connectivity index (χ2v) is 27.5. The van der Waals surface area contributed by atoms with Gasteiger partial charge in [-0.25, -0.2) is 0 Å². The van der Waals surface area contributed by atoms with Gasteiger partial charge < -0.3 is 9.13 Å². The van der Waals surface area contributed by atoms with E-state index in [1.165, 1.54) is 85.1 Å². The molecule has 2 aromatic heterocycles. The fourth-order valence-corrected chi connectivity index (χ4v) is 22.4. The van der Waals surface area contributed by atoms with Crippen molar-refractivity contribution in [2.45, 2.75) is 0 Å². The minimum Gasteiger partial charge on any atom is -0.309 e. The Bertz CT molecular complexity index is 4190. The van der Waals surface area contributed by atoms with Crippen molar-refractivity contribution in [2.75, 3.05) is 0 Å². The molecular formula is C72H52N2Si2. The first kappa shape index (κ1) is 45.3. The molecule has 0 bridgehead atoms. The molecular weight excluding hydrogens is 949 g/mol. The number of nitrogens with zero attached hydrogens (tertiary/aromatic N) is 2. The van der Waals surface area contributed by atoms with Gasteiger partial charge in [0.1, 0.15) is 0 Å². The lowest BCUT2D eigenvalue weighted by molar-refractivity contribution is 1.16. The molecule has 0 aliphatic carbocycles. The normalized spacial score (nSPS) is 11.9. The van der Waals surface area contributed by atoms with Crippen molar-refractivity contribution in [3.63, 3.8) is 0 Å². The predicted molar refractivity (Wildman–Crippen MR) is 328 cm³/mol. The minimum absolute atomic E-state index is 1.14. The third-order valence-electron chi connectivity index (χ3n) is 16.0. The number of hydrogen-bond acceptors (Lipinski definition) is 0. The van der Waals surface area contributed by atoms with E-state index in [0.717, 1.165) is 22.5 Å². The molecule has 2 nitrogen and oxygen atoms in total. The van der Waals surface area contributed by atoms with Crippen molar-refractivity contribution >= 4 is 101 Å². The number of hydrogen-bond donors (Lipinski definition) is 0. The van der Waals surface area contributed by atoms with Crippen LogP contribution in [0.2, 0.25) is 0 Å². The summed E-state index contributed by atoms with van der Waals surface area (Å²) in [5, 5.41) is 15.8. The Labute approximate surface area is 445 Å². The van der Waals surface area contributed by atoms with Crippen LogP contribution in [0.1, 0.15) is 0 Å². The fourth-order valence-electron chi connectivity index (χ4n) is 12.9. The second kappa shape index (κ2) is 18.9. The lowest BCUT2D eigenvalue weighted by atomic mass is 10.0. The molecule has 14 rings (SSSR count). The van der Waals surface area contributed by atoms with Crippen LogP contribution in [0.15, 0.2) is 315 Å². The van der Waals surface area contributed by atoms with Crippen molar-refractivity contribution in [3.05, 3.63) is 315 Å². The van der Waals surface area contributed by atoms with Crippen LogP contribution in [0.5, 0.6) is 0 Å². The number of para-hydroxylation sites is 4. The molecule has 0 atom stereocenters. The predicted octanol–water partition coefficient (Wildman–Crippen LogP) is 12.3. The van der Waals surface area contributed by atoms with Crippen molar-refractivity contribution in [1.82, 2.24) is 9.13 Å². The van der Waals surface area contributed by atoms with Gasteiger partial charge in [0, 0.05) is 32.7 Å². The first-order valence-corrected chi connectivity index (χ1v) is 30.3. The lowest BCUT2D eigenvalue weighted by Gasteiger charge is -2.34. The van der Waals surface area contributed by atoms with Gasteiger partial charge in [0.05, 0.1) is 33.4 Å². The van der Waals surface area contributed by atoms with Gasteiger partial charge >= 0.3 is 0 Å². The zero-order valence-electron chi connectivity index (χ0n) is 41.9. The highest BCUT2D eigenvalue weighted by Gasteiger charge is 2.43. The molecule has 0 saturated carbocycles. The molecule has 0 N–H and O–H groups in total. The van der Waals surface area contributed by atoms with Crippen molar-refractivity contribution in [1.29, 1.82) is 0 Å². The maximum atomic E-state index is 2.54. The first-order chi connectivity index (χ1) is 37.7. The van der Waals surface area contributed by atoms with Crippen LogP contribution < -0.4 is 41.5 Å². The summed E-state index contributed by atoms with van der Waals surface area (Å²) < 4.78 is 5.06. The summed E-state index contributed by atoms with van der Waals surface area (Å²) in [4.78, 5) is 0. The van der Waals surface area contributed by atoms with Crippen molar-refractivity contribution < 1.29 is 0 Å². The van der Waals surface area contributed by atoms with E-state index in [9.17, 15) is 0 Å². The van der Waals surface area contributed by atoms with Crippen LogP contribution in [0.3, 0.4) is 0 Å². The third kappa shape index (κ3) is 7.06. The molecule has 0 aliphatic heterocycles. The summed E-state index contributed by atoms with van der Waals surface area (Å²) in [6, 6.07) is 118. The zero-order valence-corrected chi connectivity index (χ0v) is 43.9. The molecule has 12 aromatic carbocycles. The summed E-state index contributed by atoms with van der Waals surface area (Å²) in [5.41, 5.74) is 9.32. The van der Waals surface area contributed by atoms with Gasteiger partial charge in [0.2, 0.25) is 0 Å². The Morgan fingerprint density at radius 3 is 0.895 bits per heavy atom.